The van der Waals surface area contributed by atoms with Gasteiger partial charge in [-0.3, -0.25) is 9.59 Å². The van der Waals surface area contributed by atoms with Crippen LogP contribution >= 0.6 is 0 Å². The van der Waals surface area contributed by atoms with Gasteiger partial charge in [-0.15, -0.1) is 0 Å². The zero-order valence-electron chi connectivity index (χ0n) is 14.9. The number of hydrogen-bond acceptors (Lipinski definition) is 4. The quantitative estimate of drug-likeness (QED) is 0.772. The van der Waals surface area contributed by atoms with Gasteiger partial charge in [-0.25, -0.2) is 4.68 Å². The van der Waals surface area contributed by atoms with Crippen LogP contribution in [0.1, 0.15) is 48.6 Å². The summed E-state index contributed by atoms with van der Waals surface area (Å²) in [6.07, 6.45) is 7.46. The highest BCUT2D eigenvalue weighted by Gasteiger charge is 2.20. The van der Waals surface area contributed by atoms with Crippen LogP contribution in [0.4, 0.5) is 5.82 Å². The second-order valence-electron chi connectivity index (χ2n) is 6.71. The molecule has 0 atom stereocenters. The number of amides is 1. The van der Waals surface area contributed by atoms with Gasteiger partial charge in [0.25, 0.3) is 11.5 Å². The molecule has 1 saturated carbocycles. The SMILES string of the molecule is O=C(Nc1ccnn1C1CCCCC1)c1ccc(=O)n(-c2ccccc2)n1. The van der Waals surface area contributed by atoms with Crippen molar-refractivity contribution >= 4 is 11.7 Å². The van der Waals surface area contributed by atoms with Crippen molar-refractivity contribution in [2.75, 3.05) is 5.32 Å². The normalized spacial score (nSPS) is 14.8. The summed E-state index contributed by atoms with van der Waals surface area (Å²) in [7, 11) is 0. The highest BCUT2D eigenvalue weighted by atomic mass is 16.2. The predicted octanol–water partition coefficient (Wildman–Crippen LogP) is 3.19. The van der Waals surface area contributed by atoms with Gasteiger partial charge >= 0.3 is 0 Å². The minimum Gasteiger partial charge on any atom is -0.305 e. The maximum atomic E-state index is 12.7. The summed E-state index contributed by atoms with van der Waals surface area (Å²) in [6, 6.07) is 13.9. The van der Waals surface area contributed by atoms with E-state index in [1.165, 1.54) is 36.1 Å². The number of nitrogens with zero attached hydrogens (tertiary/aromatic N) is 4. The van der Waals surface area contributed by atoms with Gasteiger partial charge in [0.1, 0.15) is 11.5 Å². The number of hydrogen-bond donors (Lipinski definition) is 1. The summed E-state index contributed by atoms with van der Waals surface area (Å²) in [5, 5.41) is 11.5. The Kier molecular flexibility index (Phi) is 4.82. The fourth-order valence-corrected chi connectivity index (χ4v) is 3.50. The van der Waals surface area contributed by atoms with Crippen LogP contribution in [0.5, 0.6) is 0 Å². The Morgan fingerprint density at radius 1 is 1.00 bits per heavy atom. The molecule has 0 spiro atoms. The number of benzene rings is 1. The van der Waals surface area contributed by atoms with Gasteiger partial charge in [-0.2, -0.15) is 14.9 Å². The molecule has 2 aromatic heterocycles. The Labute approximate surface area is 156 Å². The fraction of sp³-hybridized carbons (Fsp3) is 0.300. The molecule has 3 aromatic rings. The molecule has 7 heteroatoms. The molecule has 0 aliphatic heterocycles. The van der Waals surface area contributed by atoms with Crippen LogP contribution in [0, 0.1) is 0 Å². The van der Waals surface area contributed by atoms with Gasteiger partial charge in [0.2, 0.25) is 0 Å². The average Bonchev–Trinajstić information content (AvgIpc) is 3.17. The Morgan fingerprint density at radius 2 is 1.78 bits per heavy atom. The molecule has 2 heterocycles. The molecule has 1 N–H and O–H groups in total. The van der Waals surface area contributed by atoms with Crippen molar-refractivity contribution in [1.29, 1.82) is 0 Å². The van der Waals surface area contributed by atoms with Gasteiger partial charge in [0.05, 0.1) is 17.9 Å². The van der Waals surface area contributed by atoms with Gasteiger partial charge in [0.15, 0.2) is 0 Å². The predicted molar refractivity (Wildman–Crippen MR) is 102 cm³/mol. The molecule has 0 radical (unpaired) electrons. The lowest BCUT2D eigenvalue weighted by atomic mass is 9.96. The maximum absolute atomic E-state index is 12.7. The second kappa shape index (κ2) is 7.57. The maximum Gasteiger partial charge on any atom is 0.277 e. The zero-order chi connectivity index (χ0) is 18.6. The molecular formula is C20H21N5O2. The molecule has 0 saturated heterocycles. The summed E-state index contributed by atoms with van der Waals surface area (Å²) in [5.74, 6) is 0.295. The second-order valence-corrected chi connectivity index (χ2v) is 6.71. The van der Waals surface area contributed by atoms with Crippen LogP contribution in [0.15, 0.2) is 59.5 Å². The summed E-state index contributed by atoms with van der Waals surface area (Å²) >= 11 is 0. The van der Waals surface area contributed by atoms with E-state index in [4.69, 9.17) is 0 Å². The third-order valence-corrected chi connectivity index (χ3v) is 4.87. The van der Waals surface area contributed by atoms with Crippen molar-refractivity contribution in [3.8, 4) is 5.69 Å². The third-order valence-electron chi connectivity index (χ3n) is 4.87. The molecule has 1 amide bonds. The summed E-state index contributed by atoms with van der Waals surface area (Å²) in [5.41, 5.74) is 0.504. The molecule has 27 heavy (non-hydrogen) atoms. The molecule has 0 unspecified atom stereocenters. The van der Waals surface area contributed by atoms with Crippen LogP contribution in [-0.4, -0.2) is 25.5 Å². The minimum absolute atomic E-state index is 0.176. The van der Waals surface area contributed by atoms with Crippen molar-refractivity contribution in [1.82, 2.24) is 19.6 Å². The van der Waals surface area contributed by atoms with Crippen LogP contribution in [0.3, 0.4) is 0 Å². The summed E-state index contributed by atoms with van der Waals surface area (Å²) < 4.78 is 3.12. The smallest absolute Gasteiger partial charge is 0.277 e. The number of rotatable bonds is 4. The highest BCUT2D eigenvalue weighted by molar-refractivity contribution is 6.02. The van der Waals surface area contributed by atoms with Crippen LogP contribution in [0.25, 0.3) is 5.69 Å². The van der Waals surface area contributed by atoms with E-state index in [1.807, 2.05) is 22.9 Å². The first-order valence-corrected chi connectivity index (χ1v) is 9.23. The standard InChI is InChI=1S/C20H21N5O2/c26-19-12-11-17(23-25(19)16-9-5-2-6-10-16)20(27)22-18-13-14-21-24(18)15-7-3-1-4-8-15/h2,5-6,9-15H,1,3-4,7-8H2,(H,22,27). The van der Waals surface area contributed by atoms with Gasteiger partial charge in [-0.1, -0.05) is 37.5 Å². The molecule has 4 rings (SSSR count). The Bertz CT molecular complexity index is 987. The first kappa shape index (κ1) is 17.2. The lowest BCUT2D eigenvalue weighted by Gasteiger charge is -2.23. The van der Waals surface area contributed by atoms with Crippen LogP contribution < -0.4 is 10.9 Å². The topological polar surface area (TPSA) is 81.8 Å². The summed E-state index contributed by atoms with van der Waals surface area (Å²) in [4.78, 5) is 24.8. The zero-order valence-corrected chi connectivity index (χ0v) is 14.9. The van der Waals surface area contributed by atoms with E-state index in [0.717, 1.165) is 12.8 Å². The Hall–Kier alpha value is -3.22. The van der Waals surface area contributed by atoms with Crippen molar-refractivity contribution in [2.45, 2.75) is 38.1 Å². The molecule has 1 fully saturated rings. The van der Waals surface area contributed by atoms with E-state index in [1.54, 1.807) is 24.4 Å². The highest BCUT2D eigenvalue weighted by Crippen LogP contribution is 2.29. The van der Waals surface area contributed by atoms with Gasteiger partial charge < -0.3 is 5.32 Å². The number of para-hydroxylation sites is 1. The third kappa shape index (κ3) is 3.67. The number of aromatic nitrogens is 4. The van der Waals surface area contributed by atoms with Crippen LogP contribution in [0.2, 0.25) is 0 Å². The number of nitrogens with one attached hydrogen (secondary N) is 1. The first-order chi connectivity index (χ1) is 13.2. The van der Waals surface area contributed by atoms with Crippen molar-refractivity contribution < 1.29 is 4.79 Å². The Balaban J connectivity index is 1.58. The number of carbonyl (C=O) groups is 1. The molecular weight excluding hydrogens is 342 g/mol. The van der Waals surface area contributed by atoms with E-state index in [2.05, 4.69) is 15.5 Å². The van der Waals surface area contributed by atoms with E-state index < -0.39 is 0 Å². The molecule has 1 aromatic carbocycles. The molecule has 1 aliphatic rings. The number of anilines is 1. The molecule has 7 nitrogen and oxygen atoms in total. The lowest BCUT2D eigenvalue weighted by Crippen LogP contribution is -2.26. The summed E-state index contributed by atoms with van der Waals surface area (Å²) in [6.45, 7) is 0. The average molecular weight is 363 g/mol. The molecule has 0 bridgehead atoms. The van der Waals surface area contributed by atoms with Gasteiger partial charge in [0, 0.05) is 12.1 Å². The van der Waals surface area contributed by atoms with E-state index in [9.17, 15) is 9.59 Å². The minimum atomic E-state index is -0.364. The van der Waals surface area contributed by atoms with Crippen molar-refractivity contribution in [3.63, 3.8) is 0 Å². The van der Waals surface area contributed by atoms with Crippen molar-refractivity contribution in [3.05, 3.63) is 70.8 Å². The van der Waals surface area contributed by atoms with Crippen molar-refractivity contribution in [2.24, 2.45) is 0 Å². The first-order valence-electron chi connectivity index (χ1n) is 9.23. The molecule has 1 aliphatic carbocycles. The number of carbonyl (C=O) groups excluding carboxylic acids is 1. The van der Waals surface area contributed by atoms with Crippen LogP contribution in [-0.2, 0) is 0 Å². The van der Waals surface area contributed by atoms with E-state index >= 15 is 0 Å². The van der Waals surface area contributed by atoms with E-state index in [-0.39, 0.29) is 17.2 Å². The lowest BCUT2D eigenvalue weighted by molar-refractivity contribution is 0.101. The fourth-order valence-electron chi connectivity index (χ4n) is 3.50. The monoisotopic (exact) mass is 363 g/mol. The van der Waals surface area contributed by atoms with E-state index in [0.29, 0.717) is 17.5 Å². The largest absolute Gasteiger partial charge is 0.305 e. The van der Waals surface area contributed by atoms with Gasteiger partial charge in [-0.05, 0) is 31.0 Å². The Morgan fingerprint density at radius 3 is 2.56 bits per heavy atom. The molecule has 138 valence electrons.